The molecular weight excluding hydrogens is 224 g/mol. The van der Waals surface area contributed by atoms with Crippen LogP contribution in [0, 0.1) is 0 Å². The summed E-state index contributed by atoms with van der Waals surface area (Å²) in [5, 5.41) is 0.694. The molecule has 0 aliphatic carbocycles. The van der Waals surface area contributed by atoms with Crippen LogP contribution < -0.4 is 0 Å². The summed E-state index contributed by atoms with van der Waals surface area (Å²) in [6, 6.07) is 5.82. The van der Waals surface area contributed by atoms with Crippen molar-refractivity contribution in [3.63, 3.8) is 0 Å². The highest BCUT2D eigenvalue weighted by Crippen LogP contribution is 2.29. The molecule has 16 heavy (non-hydrogen) atoms. The third kappa shape index (κ3) is 1.60. The molecule has 1 atom stereocenters. The molecule has 0 bridgehead atoms. The van der Waals surface area contributed by atoms with Crippen molar-refractivity contribution in [3.8, 4) is 0 Å². The number of ether oxygens (including phenoxy) is 1. The van der Waals surface area contributed by atoms with Gasteiger partial charge in [-0.05, 0) is 31.4 Å². The van der Waals surface area contributed by atoms with E-state index in [-0.39, 0.29) is 6.10 Å². The van der Waals surface area contributed by atoms with Crippen molar-refractivity contribution in [3.05, 3.63) is 35.4 Å². The quantitative estimate of drug-likeness (QED) is 0.711. The Labute approximate surface area is 99.0 Å². The lowest BCUT2D eigenvalue weighted by Crippen LogP contribution is -2.14. The first-order chi connectivity index (χ1) is 7.86. The van der Waals surface area contributed by atoms with Crippen molar-refractivity contribution in [1.29, 1.82) is 0 Å². The van der Waals surface area contributed by atoms with Gasteiger partial charge in [-0.25, -0.2) is 4.98 Å². The molecule has 4 heteroatoms. The lowest BCUT2D eigenvalue weighted by Gasteiger charge is -2.21. The van der Waals surface area contributed by atoms with Gasteiger partial charge in [0, 0.05) is 6.61 Å². The van der Waals surface area contributed by atoms with Crippen molar-refractivity contribution in [2.24, 2.45) is 0 Å². The predicted octanol–water partition coefficient (Wildman–Crippen LogP) is 3.23. The standard InChI is InChI=1S/C12H13ClN2O/c13-11-6-3-4-9-8-14-12(15(9)11)10-5-1-2-7-16-10/h3-4,6,8,10H,1-2,5,7H2. The van der Waals surface area contributed by atoms with Crippen LogP contribution in [0.2, 0.25) is 5.15 Å². The number of halogens is 1. The topological polar surface area (TPSA) is 26.5 Å². The maximum atomic E-state index is 6.19. The Bertz CT molecular complexity index is 503. The van der Waals surface area contributed by atoms with Gasteiger partial charge >= 0.3 is 0 Å². The van der Waals surface area contributed by atoms with Crippen molar-refractivity contribution in [2.45, 2.75) is 25.4 Å². The summed E-state index contributed by atoms with van der Waals surface area (Å²) in [6.45, 7) is 0.823. The lowest BCUT2D eigenvalue weighted by molar-refractivity contribution is 0.00917. The zero-order chi connectivity index (χ0) is 11.0. The SMILES string of the molecule is Clc1cccc2cnc(C3CCCCO3)n12. The fraction of sp³-hybridized carbons (Fsp3) is 0.417. The number of pyridine rings is 1. The van der Waals surface area contributed by atoms with Crippen LogP contribution in [-0.4, -0.2) is 16.0 Å². The van der Waals surface area contributed by atoms with Crippen molar-refractivity contribution >= 4 is 17.1 Å². The molecule has 1 aliphatic heterocycles. The number of hydrogen-bond donors (Lipinski definition) is 0. The maximum absolute atomic E-state index is 6.19. The average molecular weight is 237 g/mol. The summed E-state index contributed by atoms with van der Waals surface area (Å²) < 4.78 is 7.71. The Hall–Kier alpha value is -1.06. The Morgan fingerprint density at radius 2 is 2.31 bits per heavy atom. The van der Waals surface area contributed by atoms with Gasteiger partial charge in [-0.1, -0.05) is 17.7 Å². The van der Waals surface area contributed by atoms with E-state index in [1.54, 1.807) is 0 Å². The molecule has 2 aromatic heterocycles. The van der Waals surface area contributed by atoms with Gasteiger partial charge in [0.2, 0.25) is 0 Å². The summed E-state index contributed by atoms with van der Waals surface area (Å²) >= 11 is 6.19. The minimum Gasteiger partial charge on any atom is -0.370 e. The second kappa shape index (κ2) is 4.07. The molecule has 0 saturated carbocycles. The molecule has 2 aromatic rings. The van der Waals surface area contributed by atoms with Gasteiger partial charge in [-0.3, -0.25) is 4.40 Å². The molecule has 3 heterocycles. The van der Waals surface area contributed by atoms with E-state index in [0.717, 1.165) is 30.8 Å². The van der Waals surface area contributed by atoms with Crippen LogP contribution in [0.3, 0.4) is 0 Å². The van der Waals surface area contributed by atoms with E-state index in [4.69, 9.17) is 16.3 Å². The fourth-order valence-corrected chi connectivity index (χ4v) is 2.46. The third-order valence-electron chi connectivity index (χ3n) is 3.00. The van der Waals surface area contributed by atoms with Crippen molar-refractivity contribution in [2.75, 3.05) is 6.61 Å². The molecule has 0 amide bonds. The minimum atomic E-state index is 0.0937. The first kappa shape index (κ1) is 10.1. The molecule has 0 spiro atoms. The third-order valence-corrected chi connectivity index (χ3v) is 3.29. The van der Waals surface area contributed by atoms with E-state index < -0.39 is 0 Å². The van der Waals surface area contributed by atoms with E-state index in [9.17, 15) is 0 Å². The molecule has 84 valence electrons. The monoisotopic (exact) mass is 236 g/mol. The molecule has 3 rings (SSSR count). The molecule has 0 radical (unpaired) electrons. The smallest absolute Gasteiger partial charge is 0.143 e. The van der Waals surface area contributed by atoms with E-state index in [0.29, 0.717) is 5.15 Å². The number of rotatable bonds is 1. The molecule has 0 aromatic carbocycles. The van der Waals surface area contributed by atoms with E-state index in [1.165, 1.54) is 6.42 Å². The summed E-state index contributed by atoms with van der Waals surface area (Å²) in [6.07, 6.45) is 5.32. The van der Waals surface area contributed by atoms with Crippen LogP contribution >= 0.6 is 11.6 Å². The molecule has 0 N–H and O–H groups in total. The predicted molar refractivity (Wildman–Crippen MR) is 62.7 cm³/mol. The van der Waals surface area contributed by atoms with Crippen molar-refractivity contribution in [1.82, 2.24) is 9.38 Å². The van der Waals surface area contributed by atoms with Crippen LogP contribution in [0.4, 0.5) is 0 Å². The maximum Gasteiger partial charge on any atom is 0.143 e. The molecular formula is C12H13ClN2O. The number of aromatic nitrogens is 2. The Morgan fingerprint density at radius 3 is 3.12 bits per heavy atom. The van der Waals surface area contributed by atoms with Crippen LogP contribution in [-0.2, 0) is 4.74 Å². The average Bonchev–Trinajstić information content (AvgIpc) is 2.75. The van der Waals surface area contributed by atoms with E-state index in [1.807, 2.05) is 28.8 Å². The summed E-state index contributed by atoms with van der Waals surface area (Å²) in [4.78, 5) is 4.43. The second-order valence-corrected chi connectivity index (χ2v) is 4.47. The van der Waals surface area contributed by atoms with Crippen molar-refractivity contribution < 1.29 is 4.74 Å². The number of nitrogens with zero attached hydrogens (tertiary/aromatic N) is 2. The fourth-order valence-electron chi connectivity index (χ4n) is 2.20. The Balaban J connectivity index is 2.09. The number of imidazole rings is 1. The Morgan fingerprint density at radius 1 is 1.38 bits per heavy atom. The highest BCUT2D eigenvalue weighted by atomic mass is 35.5. The molecule has 1 fully saturated rings. The van der Waals surface area contributed by atoms with Crippen LogP contribution in [0.15, 0.2) is 24.4 Å². The normalized spacial score (nSPS) is 21.4. The number of fused-ring (bicyclic) bond motifs is 1. The van der Waals surface area contributed by atoms with E-state index >= 15 is 0 Å². The van der Waals surface area contributed by atoms with Gasteiger partial charge in [-0.2, -0.15) is 0 Å². The molecule has 1 unspecified atom stereocenters. The van der Waals surface area contributed by atoms with Crippen LogP contribution in [0.1, 0.15) is 31.2 Å². The van der Waals surface area contributed by atoms with Gasteiger partial charge in [0.15, 0.2) is 0 Å². The van der Waals surface area contributed by atoms with Gasteiger partial charge in [0.05, 0.1) is 11.7 Å². The zero-order valence-corrected chi connectivity index (χ0v) is 9.65. The van der Waals surface area contributed by atoms with Crippen LogP contribution in [0.5, 0.6) is 0 Å². The second-order valence-electron chi connectivity index (χ2n) is 4.08. The summed E-state index contributed by atoms with van der Waals surface area (Å²) in [5.74, 6) is 0.931. The van der Waals surface area contributed by atoms with Gasteiger partial charge in [0.1, 0.15) is 17.1 Å². The Kier molecular flexibility index (Phi) is 2.58. The molecule has 1 aliphatic rings. The summed E-state index contributed by atoms with van der Waals surface area (Å²) in [5.41, 5.74) is 1.02. The van der Waals surface area contributed by atoms with E-state index in [2.05, 4.69) is 4.98 Å². The first-order valence-corrected chi connectivity index (χ1v) is 5.97. The highest BCUT2D eigenvalue weighted by molar-refractivity contribution is 6.29. The first-order valence-electron chi connectivity index (χ1n) is 5.60. The number of hydrogen-bond acceptors (Lipinski definition) is 2. The minimum absolute atomic E-state index is 0.0937. The zero-order valence-electron chi connectivity index (χ0n) is 8.90. The van der Waals surface area contributed by atoms with Gasteiger partial charge < -0.3 is 4.74 Å². The molecule has 3 nitrogen and oxygen atoms in total. The largest absolute Gasteiger partial charge is 0.370 e. The molecule has 1 saturated heterocycles. The summed E-state index contributed by atoms with van der Waals surface area (Å²) in [7, 11) is 0. The lowest BCUT2D eigenvalue weighted by atomic mass is 10.1. The van der Waals surface area contributed by atoms with Gasteiger partial charge in [0.25, 0.3) is 0 Å². The van der Waals surface area contributed by atoms with Crippen LogP contribution in [0.25, 0.3) is 5.52 Å². The highest BCUT2D eigenvalue weighted by Gasteiger charge is 2.21. The van der Waals surface area contributed by atoms with Gasteiger partial charge in [-0.15, -0.1) is 0 Å².